The number of fused-ring (bicyclic) bond motifs is 1. The van der Waals surface area contributed by atoms with E-state index in [0.717, 1.165) is 27.4 Å². The van der Waals surface area contributed by atoms with Crippen molar-refractivity contribution in [2.45, 2.75) is 11.8 Å². The van der Waals surface area contributed by atoms with Crippen LogP contribution in [0.15, 0.2) is 51.9 Å². The van der Waals surface area contributed by atoms with Gasteiger partial charge in [0, 0.05) is 11.1 Å². The Bertz CT molecular complexity index is 645. The molecule has 0 bridgehead atoms. The van der Waals surface area contributed by atoms with E-state index < -0.39 is 0 Å². The summed E-state index contributed by atoms with van der Waals surface area (Å²) in [5, 5.41) is 0. The van der Waals surface area contributed by atoms with Gasteiger partial charge in [0.25, 0.3) is 0 Å². The highest BCUT2D eigenvalue weighted by atomic mass is 32.2. The second-order valence-electron chi connectivity index (χ2n) is 3.77. The minimum absolute atomic E-state index is 0.591. The summed E-state index contributed by atoms with van der Waals surface area (Å²) in [5.74, 6) is 1.59. The second-order valence-corrected chi connectivity index (χ2v) is 5.08. The van der Waals surface area contributed by atoms with Gasteiger partial charge in [0.1, 0.15) is 11.2 Å². The van der Waals surface area contributed by atoms with Crippen LogP contribution in [0.3, 0.4) is 0 Å². The summed E-state index contributed by atoms with van der Waals surface area (Å²) in [5.41, 5.74) is 2.48. The van der Waals surface area contributed by atoms with Crippen molar-refractivity contribution in [2.75, 3.05) is 5.75 Å². The van der Waals surface area contributed by atoms with Crippen LogP contribution in [0.5, 0.6) is 0 Å². The summed E-state index contributed by atoms with van der Waals surface area (Å²) in [4.78, 5) is 9.97. The summed E-state index contributed by atoms with van der Waals surface area (Å²) in [6, 6.07) is 11.7. The van der Waals surface area contributed by atoms with Gasteiger partial charge in [-0.3, -0.25) is 0 Å². The molecule has 3 aromatic rings. The molecule has 0 unspecified atom stereocenters. The third-order valence-electron chi connectivity index (χ3n) is 2.57. The molecule has 90 valence electrons. The van der Waals surface area contributed by atoms with Crippen molar-refractivity contribution in [2.24, 2.45) is 0 Å². The lowest BCUT2D eigenvalue weighted by Gasteiger charge is -2.02. The summed E-state index contributed by atoms with van der Waals surface area (Å²) < 4.78 is 5.75. The predicted octanol–water partition coefficient (Wildman–Crippen LogP) is 4.00. The zero-order valence-electron chi connectivity index (χ0n) is 9.96. The number of nitrogens with zero attached hydrogens (tertiary/aromatic N) is 2. The third kappa shape index (κ3) is 1.99. The highest BCUT2D eigenvalue weighted by molar-refractivity contribution is 7.99. The molecule has 0 aliphatic carbocycles. The third-order valence-corrected chi connectivity index (χ3v) is 3.50. The highest BCUT2D eigenvalue weighted by Gasteiger charge is 2.13. The molecular weight excluding hydrogens is 244 g/mol. The topological polar surface area (TPSA) is 38.9 Å². The smallest absolute Gasteiger partial charge is 0.247 e. The van der Waals surface area contributed by atoms with Crippen LogP contribution in [0.2, 0.25) is 0 Å². The highest BCUT2D eigenvalue weighted by Crippen LogP contribution is 2.30. The number of thioether (sulfide) groups is 1. The van der Waals surface area contributed by atoms with Gasteiger partial charge >= 0.3 is 0 Å². The maximum atomic E-state index is 5.75. The number of oxazole rings is 1. The van der Waals surface area contributed by atoms with Crippen molar-refractivity contribution in [3.63, 3.8) is 0 Å². The van der Waals surface area contributed by atoms with Crippen molar-refractivity contribution < 1.29 is 4.42 Å². The van der Waals surface area contributed by atoms with Gasteiger partial charge in [0.05, 0.1) is 0 Å². The number of hydrogen-bond acceptors (Lipinski definition) is 4. The number of para-hydroxylation sites is 2. The van der Waals surface area contributed by atoms with Crippen LogP contribution in [-0.2, 0) is 0 Å². The van der Waals surface area contributed by atoms with E-state index in [1.807, 2.05) is 36.4 Å². The molecule has 3 rings (SSSR count). The first-order valence-electron chi connectivity index (χ1n) is 5.82. The van der Waals surface area contributed by atoms with E-state index in [0.29, 0.717) is 5.89 Å². The Morgan fingerprint density at radius 2 is 2.06 bits per heavy atom. The molecule has 3 nitrogen and oxygen atoms in total. The molecule has 0 N–H and O–H groups in total. The molecule has 2 aromatic heterocycles. The van der Waals surface area contributed by atoms with Crippen LogP contribution in [-0.4, -0.2) is 15.7 Å². The Hall–Kier alpha value is -1.81. The van der Waals surface area contributed by atoms with Crippen molar-refractivity contribution in [3.8, 4) is 11.6 Å². The standard InChI is InChI=1S/C14H12N2OS/c1-2-18-12-8-5-9-15-13(12)14-16-10-6-3-4-7-11(10)17-14/h3-9H,2H2,1H3. The fourth-order valence-electron chi connectivity index (χ4n) is 1.80. The molecule has 0 saturated carbocycles. The number of aromatic nitrogens is 2. The summed E-state index contributed by atoms with van der Waals surface area (Å²) in [7, 11) is 0. The van der Waals surface area contributed by atoms with Gasteiger partial charge < -0.3 is 4.42 Å². The Morgan fingerprint density at radius 1 is 1.17 bits per heavy atom. The van der Waals surface area contributed by atoms with E-state index >= 15 is 0 Å². The molecule has 0 fully saturated rings. The van der Waals surface area contributed by atoms with Crippen molar-refractivity contribution in [3.05, 3.63) is 42.6 Å². The number of hydrogen-bond donors (Lipinski definition) is 0. The van der Waals surface area contributed by atoms with Crippen LogP contribution in [0.4, 0.5) is 0 Å². The van der Waals surface area contributed by atoms with E-state index in [1.54, 1.807) is 18.0 Å². The number of pyridine rings is 1. The Kier molecular flexibility index (Phi) is 3.02. The molecule has 18 heavy (non-hydrogen) atoms. The monoisotopic (exact) mass is 256 g/mol. The minimum Gasteiger partial charge on any atom is -0.435 e. The lowest BCUT2D eigenvalue weighted by molar-refractivity contribution is 0.614. The van der Waals surface area contributed by atoms with E-state index in [9.17, 15) is 0 Å². The molecular formula is C14H12N2OS. The first kappa shape index (κ1) is 11.3. The average molecular weight is 256 g/mol. The van der Waals surface area contributed by atoms with Gasteiger partial charge in [-0.15, -0.1) is 11.8 Å². The van der Waals surface area contributed by atoms with Crippen LogP contribution < -0.4 is 0 Å². The maximum Gasteiger partial charge on any atom is 0.247 e. The Balaban J connectivity index is 2.13. The zero-order valence-corrected chi connectivity index (χ0v) is 10.8. The van der Waals surface area contributed by atoms with E-state index in [1.165, 1.54) is 0 Å². The lowest BCUT2D eigenvalue weighted by Crippen LogP contribution is -1.86. The average Bonchev–Trinajstić information content (AvgIpc) is 2.83. The van der Waals surface area contributed by atoms with E-state index in [-0.39, 0.29) is 0 Å². The lowest BCUT2D eigenvalue weighted by atomic mass is 10.3. The summed E-state index contributed by atoms with van der Waals surface area (Å²) in [6.45, 7) is 2.12. The van der Waals surface area contributed by atoms with Crippen molar-refractivity contribution in [1.82, 2.24) is 9.97 Å². The maximum absolute atomic E-state index is 5.75. The van der Waals surface area contributed by atoms with Crippen LogP contribution in [0.1, 0.15) is 6.92 Å². The predicted molar refractivity (Wildman–Crippen MR) is 73.6 cm³/mol. The van der Waals surface area contributed by atoms with Crippen LogP contribution >= 0.6 is 11.8 Å². The molecule has 0 atom stereocenters. The molecule has 4 heteroatoms. The zero-order chi connectivity index (χ0) is 12.4. The van der Waals surface area contributed by atoms with Gasteiger partial charge in [-0.2, -0.15) is 0 Å². The number of benzene rings is 1. The van der Waals surface area contributed by atoms with Gasteiger partial charge in [0.2, 0.25) is 5.89 Å². The van der Waals surface area contributed by atoms with Crippen LogP contribution in [0.25, 0.3) is 22.7 Å². The minimum atomic E-state index is 0.591. The fraction of sp³-hybridized carbons (Fsp3) is 0.143. The number of rotatable bonds is 3. The van der Waals surface area contributed by atoms with Crippen molar-refractivity contribution in [1.29, 1.82) is 0 Å². The molecule has 2 heterocycles. The fourth-order valence-corrected chi connectivity index (χ4v) is 2.56. The molecule has 0 saturated heterocycles. The first-order valence-corrected chi connectivity index (χ1v) is 6.81. The SMILES string of the molecule is CCSc1cccnc1-c1nc2ccccc2o1. The van der Waals surface area contributed by atoms with E-state index in [4.69, 9.17) is 4.42 Å². The molecule has 1 aromatic carbocycles. The first-order chi connectivity index (χ1) is 8.88. The largest absolute Gasteiger partial charge is 0.435 e. The Morgan fingerprint density at radius 3 is 2.89 bits per heavy atom. The molecule has 0 radical (unpaired) electrons. The Labute approximate surface area is 109 Å². The quantitative estimate of drug-likeness (QED) is 0.664. The van der Waals surface area contributed by atoms with Gasteiger partial charge in [-0.05, 0) is 30.0 Å². The van der Waals surface area contributed by atoms with Crippen molar-refractivity contribution >= 4 is 22.9 Å². The second kappa shape index (κ2) is 4.82. The molecule has 0 amide bonds. The van der Waals surface area contributed by atoms with Gasteiger partial charge in [0.15, 0.2) is 5.58 Å². The normalized spacial score (nSPS) is 10.9. The molecule has 0 aliphatic rings. The molecule has 0 spiro atoms. The summed E-state index contributed by atoms with van der Waals surface area (Å²) in [6.07, 6.45) is 1.77. The van der Waals surface area contributed by atoms with E-state index in [2.05, 4.69) is 16.9 Å². The van der Waals surface area contributed by atoms with Crippen LogP contribution in [0, 0.1) is 0 Å². The molecule has 0 aliphatic heterocycles. The summed E-state index contributed by atoms with van der Waals surface area (Å²) >= 11 is 1.74. The van der Waals surface area contributed by atoms with Gasteiger partial charge in [-0.25, -0.2) is 9.97 Å². The van der Waals surface area contributed by atoms with Gasteiger partial charge in [-0.1, -0.05) is 19.1 Å².